The summed E-state index contributed by atoms with van der Waals surface area (Å²) in [5.41, 5.74) is 2.26. The number of hydrogen-bond donors (Lipinski definition) is 0. The monoisotopic (exact) mass is 214 g/mol. The lowest BCUT2D eigenvalue weighted by Crippen LogP contribution is -1.95. The average Bonchev–Trinajstić information content (AvgIpc) is 2.30. The van der Waals surface area contributed by atoms with Crippen molar-refractivity contribution in [3.63, 3.8) is 0 Å². The highest BCUT2D eigenvalue weighted by Crippen LogP contribution is 2.26. The quantitative estimate of drug-likeness (QED) is 0.570. The Balaban J connectivity index is 2.59. The van der Waals surface area contributed by atoms with Crippen LogP contribution < -0.4 is 0 Å². The lowest BCUT2D eigenvalue weighted by Gasteiger charge is -2.04. The minimum atomic E-state index is -0.385. The number of nitro groups is 1. The normalized spacial score (nSPS) is 10.1. The van der Waals surface area contributed by atoms with Crippen LogP contribution in [0.3, 0.4) is 0 Å². The van der Waals surface area contributed by atoms with E-state index in [1.807, 2.05) is 30.3 Å². The van der Waals surface area contributed by atoms with Crippen LogP contribution in [0.1, 0.15) is 5.56 Å². The van der Waals surface area contributed by atoms with Gasteiger partial charge in [-0.05, 0) is 6.92 Å². The van der Waals surface area contributed by atoms with Gasteiger partial charge in [-0.3, -0.25) is 15.1 Å². The molecule has 0 radical (unpaired) electrons. The van der Waals surface area contributed by atoms with E-state index in [1.54, 1.807) is 6.92 Å². The van der Waals surface area contributed by atoms with E-state index < -0.39 is 0 Å². The summed E-state index contributed by atoms with van der Waals surface area (Å²) in [6.07, 6.45) is 1.47. The van der Waals surface area contributed by atoms with Crippen molar-refractivity contribution in [2.24, 2.45) is 0 Å². The number of benzene rings is 1. The summed E-state index contributed by atoms with van der Waals surface area (Å²) in [5, 5.41) is 10.8. The van der Waals surface area contributed by atoms with Crippen LogP contribution in [0.5, 0.6) is 0 Å². The van der Waals surface area contributed by atoms with Crippen molar-refractivity contribution in [1.82, 2.24) is 4.98 Å². The van der Waals surface area contributed by atoms with E-state index in [0.29, 0.717) is 11.3 Å². The zero-order valence-electron chi connectivity index (χ0n) is 8.75. The lowest BCUT2D eigenvalue weighted by molar-refractivity contribution is -0.385. The smallest absolute Gasteiger partial charge is 0.258 e. The van der Waals surface area contributed by atoms with Crippen molar-refractivity contribution in [2.45, 2.75) is 6.92 Å². The first kappa shape index (κ1) is 10.3. The van der Waals surface area contributed by atoms with E-state index in [4.69, 9.17) is 0 Å². The van der Waals surface area contributed by atoms with E-state index >= 15 is 0 Å². The zero-order chi connectivity index (χ0) is 11.5. The number of rotatable bonds is 2. The second-order valence-electron chi connectivity index (χ2n) is 3.43. The van der Waals surface area contributed by atoms with Crippen molar-refractivity contribution < 1.29 is 4.92 Å². The van der Waals surface area contributed by atoms with Gasteiger partial charge < -0.3 is 0 Å². The van der Waals surface area contributed by atoms with Crippen molar-refractivity contribution in [2.75, 3.05) is 0 Å². The first-order valence-corrected chi connectivity index (χ1v) is 4.85. The van der Waals surface area contributed by atoms with Crippen molar-refractivity contribution in [3.05, 3.63) is 58.3 Å². The summed E-state index contributed by atoms with van der Waals surface area (Å²) in [5.74, 6) is 0. The van der Waals surface area contributed by atoms with Crippen LogP contribution in [0.2, 0.25) is 0 Å². The highest BCUT2D eigenvalue weighted by Gasteiger charge is 2.14. The molecule has 0 aliphatic heterocycles. The maximum Gasteiger partial charge on any atom is 0.276 e. The van der Waals surface area contributed by atoms with Gasteiger partial charge >= 0.3 is 0 Å². The number of nitrogens with zero attached hydrogens (tertiary/aromatic N) is 2. The molecule has 0 saturated heterocycles. The molecule has 2 rings (SSSR count). The summed E-state index contributed by atoms with van der Waals surface area (Å²) >= 11 is 0. The molecule has 2 aromatic rings. The molecular formula is C12H10N2O2. The van der Waals surface area contributed by atoms with Gasteiger partial charge in [0.2, 0.25) is 0 Å². The molecule has 4 heteroatoms. The van der Waals surface area contributed by atoms with Crippen molar-refractivity contribution in [1.29, 1.82) is 0 Å². The van der Waals surface area contributed by atoms with Gasteiger partial charge in [0, 0.05) is 17.8 Å². The molecular weight excluding hydrogens is 204 g/mol. The molecule has 0 fully saturated rings. The molecule has 16 heavy (non-hydrogen) atoms. The second kappa shape index (κ2) is 4.10. The van der Waals surface area contributed by atoms with Gasteiger partial charge in [0.15, 0.2) is 0 Å². The Hall–Kier alpha value is -2.23. The van der Waals surface area contributed by atoms with E-state index in [9.17, 15) is 10.1 Å². The molecule has 1 heterocycles. The minimum Gasteiger partial charge on any atom is -0.258 e. The van der Waals surface area contributed by atoms with E-state index in [2.05, 4.69) is 4.98 Å². The maximum absolute atomic E-state index is 10.8. The maximum atomic E-state index is 10.8. The summed E-state index contributed by atoms with van der Waals surface area (Å²) in [7, 11) is 0. The van der Waals surface area contributed by atoms with E-state index in [0.717, 1.165) is 5.56 Å². The topological polar surface area (TPSA) is 56.0 Å². The third-order valence-corrected chi connectivity index (χ3v) is 2.42. The van der Waals surface area contributed by atoms with E-state index in [-0.39, 0.29) is 10.6 Å². The van der Waals surface area contributed by atoms with Crippen molar-refractivity contribution in [3.8, 4) is 11.3 Å². The van der Waals surface area contributed by atoms with Crippen LogP contribution >= 0.6 is 0 Å². The third kappa shape index (κ3) is 1.77. The summed E-state index contributed by atoms with van der Waals surface area (Å²) in [6, 6.07) is 10.9. The molecule has 0 bridgehead atoms. The molecule has 0 amide bonds. The molecule has 0 atom stereocenters. The Morgan fingerprint density at radius 3 is 2.50 bits per heavy atom. The summed E-state index contributed by atoms with van der Waals surface area (Å²) < 4.78 is 0. The van der Waals surface area contributed by atoms with Crippen LogP contribution in [0.25, 0.3) is 11.3 Å². The molecule has 0 aliphatic rings. The van der Waals surface area contributed by atoms with E-state index in [1.165, 1.54) is 12.3 Å². The van der Waals surface area contributed by atoms with Crippen LogP contribution in [0.15, 0.2) is 42.6 Å². The zero-order valence-corrected chi connectivity index (χ0v) is 8.75. The van der Waals surface area contributed by atoms with Gasteiger partial charge in [-0.15, -0.1) is 0 Å². The van der Waals surface area contributed by atoms with Gasteiger partial charge in [-0.1, -0.05) is 30.3 Å². The number of hydrogen-bond acceptors (Lipinski definition) is 3. The first-order chi connectivity index (χ1) is 7.70. The Morgan fingerprint density at radius 2 is 1.88 bits per heavy atom. The molecule has 1 aromatic carbocycles. The Morgan fingerprint density at radius 1 is 1.19 bits per heavy atom. The predicted octanol–water partition coefficient (Wildman–Crippen LogP) is 2.97. The Bertz CT molecular complexity index is 524. The minimum absolute atomic E-state index is 0.105. The second-order valence-corrected chi connectivity index (χ2v) is 3.43. The van der Waals surface area contributed by atoms with Crippen molar-refractivity contribution >= 4 is 5.69 Å². The fourth-order valence-corrected chi connectivity index (χ4v) is 1.61. The molecule has 0 aliphatic carbocycles. The molecule has 0 saturated carbocycles. The van der Waals surface area contributed by atoms with Crippen LogP contribution in [0.4, 0.5) is 5.69 Å². The molecule has 80 valence electrons. The lowest BCUT2D eigenvalue weighted by atomic mass is 10.1. The van der Waals surface area contributed by atoms with Gasteiger partial charge in [0.05, 0.1) is 16.2 Å². The Kier molecular flexibility index (Phi) is 2.64. The summed E-state index contributed by atoms with van der Waals surface area (Å²) in [6.45, 7) is 1.72. The largest absolute Gasteiger partial charge is 0.276 e. The third-order valence-electron chi connectivity index (χ3n) is 2.42. The number of aromatic nitrogens is 1. The highest BCUT2D eigenvalue weighted by molar-refractivity contribution is 5.66. The van der Waals surface area contributed by atoms with Gasteiger partial charge in [0.25, 0.3) is 5.69 Å². The average molecular weight is 214 g/mol. The standard InChI is InChI=1S/C12H10N2O2/c1-9-11(14(15)16)7-8-13-12(9)10-5-3-2-4-6-10/h2-8H,1H3. The number of pyridine rings is 1. The van der Waals surface area contributed by atoms with Crippen LogP contribution in [0, 0.1) is 17.0 Å². The molecule has 0 spiro atoms. The van der Waals surface area contributed by atoms with Crippen LogP contribution in [-0.4, -0.2) is 9.91 Å². The Labute approximate surface area is 92.7 Å². The highest BCUT2D eigenvalue weighted by atomic mass is 16.6. The SMILES string of the molecule is Cc1c([N+](=O)[O-])ccnc1-c1ccccc1. The molecule has 1 aromatic heterocycles. The molecule has 0 N–H and O–H groups in total. The van der Waals surface area contributed by atoms with Gasteiger partial charge in [0.1, 0.15) is 0 Å². The van der Waals surface area contributed by atoms with Crippen LogP contribution in [-0.2, 0) is 0 Å². The predicted molar refractivity (Wildman–Crippen MR) is 61.1 cm³/mol. The summed E-state index contributed by atoms with van der Waals surface area (Å²) in [4.78, 5) is 14.6. The fourth-order valence-electron chi connectivity index (χ4n) is 1.61. The molecule has 0 unspecified atom stereocenters. The van der Waals surface area contributed by atoms with Gasteiger partial charge in [-0.25, -0.2) is 0 Å². The molecule has 4 nitrogen and oxygen atoms in total. The fraction of sp³-hybridized carbons (Fsp3) is 0.0833. The van der Waals surface area contributed by atoms with Gasteiger partial charge in [-0.2, -0.15) is 0 Å². The first-order valence-electron chi connectivity index (χ1n) is 4.85.